The van der Waals surface area contributed by atoms with Gasteiger partial charge in [0.15, 0.2) is 5.78 Å². The van der Waals surface area contributed by atoms with Gasteiger partial charge in [0, 0.05) is 49.1 Å². The summed E-state index contributed by atoms with van der Waals surface area (Å²) in [4.78, 5) is 96.0. The second kappa shape index (κ2) is 22.3. The van der Waals surface area contributed by atoms with Gasteiger partial charge in [-0.2, -0.15) is 0 Å². The summed E-state index contributed by atoms with van der Waals surface area (Å²) in [6.45, 7) is 10.6. The van der Waals surface area contributed by atoms with Crippen LogP contribution in [-0.2, 0) is 30.4 Å². The van der Waals surface area contributed by atoms with E-state index in [9.17, 15) is 33.8 Å². The number of nitrogens with one attached hydrogen (secondary N) is 8. The number of benzene rings is 1. The number of fused-ring (bicyclic) bond motifs is 1. The molecule has 0 radical (unpaired) electrons. The Morgan fingerprint density at radius 1 is 0.722 bits per heavy atom. The molecular formula is C35H56N12O7+2. The number of carbonyl (C=O) groups is 5. The topological polar surface area (TPSA) is 300 Å². The Bertz CT molecular complexity index is 1700. The average Bonchev–Trinajstić information content (AvgIpc) is 3.54. The van der Waals surface area contributed by atoms with E-state index in [4.69, 9.17) is 11.5 Å². The molecule has 1 aromatic carbocycles. The summed E-state index contributed by atoms with van der Waals surface area (Å²) in [7, 11) is 0. The summed E-state index contributed by atoms with van der Waals surface area (Å²) in [6.07, 6.45) is 3.28. The van der Waals surface area contributed by atoms with Crippen molar-refractivity contribution in [2.24, 2.45) is 17.4 Å². The molecule has 2 rings (SSSR count). The Kier molecular flexibility index (Phi) is 18.4. The fourth-order valence-corrected chi connectivity index (χ4v) is 5.64. The van der Waals surface area contributed by atoms with Gasteiger partial charge in [0.1, 0.15) is 18.1 Å². The molecule has 0 fully saturated rings. The van der Waals surface area contributed by atoms with Crippen LogP contribution in [0.25, 0.3) is 10.9 Å². The van der Waals surface area contributed by atoms with E-state index in [-0.39, 0.29) is 43.1 Å². The first-order chi connectivity index (χ1) is 25.6. The number of nitroso groups, excluding NO2 is 2. The molecule has 1 heterocycles. The number of nitrogens with two attached hydrogens (primary N) is 2. The number of hydrogen-bond donors (Lipinski definition) is 10. The smallest absolute Gasteiger partial charge is 0.361 e. The van der Waals surface area contributed by atoms with Gasteiger partial charge in [-0.15, -0.1) is 0 Å². The Hall–Kier alpha value is -5.77. The summed E-state index contributed by atoms with van der Waals surface area (Å²) >= 11 is 0. The molecule has 12 N–H and O–H groups in total. The Labute approximate surface area is 314 Å². The minimum absolute atomic E-state index is 0.0807. The Balaban J connectivity index is 2.23. The van der Waals surface area contributed by atoms with Crippen molar-refractivity contribution in [2.45, 2.75) is 110 Å². The molecule has 5 atom stereocenters. The lowest BCUT2D eigenvalue weighted by Crippen LogP contribution is -2.60. The Morgan fingerprint density at radius 2 is 1.28 bits per heavy atom. The number of nitrogens with zero attached hydrogens (tertiary/aromatic N) is 2. The van der Waals surface area contributed by atoms with Crippen LogP contribution in [0.3, 0.4) is 0 Å². The van der Waals surface area contributed by atoms with Gasteiger partial charge in [-0.1, -0.05) is 45.9 Å². The highest BCUT2D eigenvalue weighted by Gasteiger charge is 2.33. The number of aromatic nitrogens is 1. The van der Waals surface area contributed by atoms with Crippen LogP contribution >= 0.6 is 0 Å². The number of amides is 4. The number of guanidine groups is 2. The van der Waals surface area contributed by atoms with Crippen molar-refractivity contribution in [3.8, 4) is 0 Å². The molecule has 0 saturated carbocycles. The van der Waals surface area contributed by atoms with Crippen LogP contribution in [0.2, 0.25) is 0 Å². The number of hydrogen-bond acceptors (Lipinski definition) is 8. The molecule has 19 heteroatoms. The number of aromatic amines is 1. The molecule has 296 valence electrons. The molecule has 0 aliphatic carbocycles. The third-order valence-electron chi connectivity index (χ3n) is 8.54. The predicted octanol–water partition coefficient (Wildman–Crippen LogP) is -1.68. The number of carbonyl (C=O) groups excluding carboxylic acids is 5. The van der Waals surface area contributed by atoms with Crippen molar-refractivity contribution in [3.63, 3.8) is 0 Å². The number of para-hydroxylation sites is 1. The third kappa shape index (κ3) is 14.7. The molecule has 19 nitrogen and oxygen atoms in total. The van der Waals surface area contributed by atoms with Gasteiger partial charge in [-0.25, -0.2) is 0 Å². The van der Waals surface area contributed by atoms with E-state index >= 15 is 0 Å². The van der Waals surface area contributed by atoms with E-state index in [0.29, 0.717) is 25.8 Å². The summed E-state index contributed by atoms with van der Waals surface area (Å²) in [5.41, 5.74) is 12.4. The van der Waals surface area contributed by atoms with Crippen molar-refractivity contribution in [2.75, 3.05) is 13.1 Å². The van der Waals surface area contributed by atoms with Crippen LogP contribution in [0, 0.1) is 15.7 Å². The van der Waals surface area contributed by atoms with Gasteiger partial charge in [-0.3, -0.25) is 46.1 Å². The fourth-order valence-electron chi connectivity index (χ4n) is 5.64. The van der Waals surface area contributed by atoms with Gasteiger partial charge in [0.25, 0.3) is 0 Å². The van der Waals surface area contributed by atoms with E-state index in [1.807, 2.05) is 38.1 Å². The lowest BCUT2D eigenvalue weighted by Gasteiger charge is -2.28. The Morgan fingerprint density at radius 3 is 1.83 bits per heavy atom. The second-order valence-corrected chi connectivity index (χ2v) is 13.7. The van der Waals surface area contributed by atoms with Crippen LogP contribution in [0.5, 0.6) is 0 Å². The highest BCUT2D eigenvalue weighted by molar-refractivity contribution is 5.96. The molecular weight excluding hydrogens is 700 g/mol. The number of Topliss-reactive ketones (excluding diaryl/α,β-unsaturated/α-hetero) is 1. The number of ketones is 1. The van der Waals surface area contributed by atoms with Gasteiger partial charge in [-0.05, 0) is 57.1 Å². The van der Waals surface area contributed by atoms with Gasteiger partial charge in [0.05, 0.1) is 25.2 Å². The van der Waals surface area contributed by atoms with Crippen LogP contribution in [0.1, 0.15) is 72.8 Å². The molecule has 0 aliphatic rings. The quantitative estimate of drug-likeness (QED) is 0.0279. The maximum atomic E-state index is 14.0. The molecule has 2 aromatic rings. The maximum absolute atomic E-state index is 14.0. The molecule has 4 amide bonds. The average molecular weight is 757 g/mol. The standard InChI is InChI=1S/C35H54N12O7/c1-19(2)29(33(52)42-21(5)30(49)43-25(22(6)48)13-9-15-38-34(36)46-53)45-32(51)28(17-23-18-40-26-12-8-7-11-24(23)26)44-31(50)27(41-20(3)4)14-10-16-39-35(37)47-54/h7-8,11-12,18-21,25,27-29,40-41H,9-10,13-17H2,1-6H3,(H8,36,37,38,39,42,43,44,45,49,50,51,52)/p+2. The van der Waals surface area contributed by atoms with Crippen molar-refractivity contribution in [3.05, 3.63) is 45.8 Å². The molecule has 0 spiro atoms. The minimum Gasteiger partial charge on any atom is -0.361 e. The fraction of sp³-hybridized carbons (Fsp3) is 0.571. The molecule has 5 unspecified atom stereocenters. The SMILES string of the molecule is CC(=O)C(CCCNC(N)=[N+]=O)NC(=O)C(C)NC(=O)C(NC(=O)C(Cc1c[nH]c2ccccc12)NC(=O)C(CCCNC(N)=[N+]=O)NC(C)C)C(C)C. The lowest BCUT2D eigenvalue weighted by atomic mass is 9.99. The first-order valence-corrected chi connectivity index (χ1v) is 18.0. The molecule has 0 aliphatic heterocycles. The first-order valence-electron chi connectivity index (χ1n) is 18.0. The zero-order valence-electron chi connectivity index (χ0n) is 31.8. The number of H-pyrrole nitrogens is 1. The lowest BCUT2D eigenvalue weighted by molar-refractivity contribution is -0.135. The zero-order valence-corrected chi connectivity index (χ0v) is 31.8. The number of rotatable bonds is 22. The van der Waals surface area contributed by atoms with E-state index in [1.54, 1.807) is 20.0 Å². The van der Waals surface area contributed by atoms with Gasteiger partial charge < -0.3 is 31.6 Å². The zero-order chi connectivity index (χ0) is 40.4. The molecule has 54 heavy (non-hydrogen) atoms. The predicted molar refractivity (Wildman–Crippen MR) is 207 cm³/mol. The second-order valence-electron chi connectivity index (χ2n) is 13.7. The first kappa shape index (κ1) is 44.4. The monoisotopic (exact) mass is 756 g/mol. The largest absolute Gasteiger partial charge is 0.485 e. The summed E-state index contributed by atoms with van der Waals surface area (Å²) in [5, 5.41) is 20.3. The third-order valence-corrected chi connectivity index (χ3v) is 8.54. The van der Waals surface area contributed by atoms with Crippen LogP contribution < -0.4 is 58.4 Å². The highest BCUT2D eigenvalue weighted by Crippen LogP contribution is 2.20. The van der Waals surface area contributed by atoms with E-state index in [2.05, 4.69) is 51.9 Å². The van der Waals surface area contributed by atoms with Crippen molar-refractivity contribution in [1.82, 2.24) is 51.9 Å². The summed E-state index contributed by atoms with van der Waals surface area (Å²) in [5.74, 6) is -3.59. The van der Waals surface area contributed by atoms with Crippen molar-refractivity contribution >= 4 is 52.2 Å². The van der Waals surface area contributed by atoms with Crippen LogP contribution in [0.4, 0.5) is 0 Å². The summed E-state index contributed by atoms with van der Waals surface area (Å²) in [6, 6.07) is 2.61. The maximum Gasteiger partial charge on any atom is 0.485 e. The van der Waals surface area contributed by atoms with E-state index in [0.717, 1.165) is 16.5 Å². The normalized spacial score (nSPS) is 13.7. The van der Waals surface area contributed by atoms with Crippen LogP contribution in [0.15, 0.2) is 30.5 Å². The van der Waals surface area contributed by atoms with E-state index < -0.39 is 59.8 Å². The van der Waals surface area contributed by atoms with E-state index in [1.165, 1.54) is 13.8 Å². The van der Waals surface area contributed by atoms with Gasteiger partial charge in [0.2, 0.25) is 23.6 Å². The highest BCUT2D eigenvalue weighted by atomic mass is 16.2. The molecule has 0 bridgehead atoms. The molecule has 1 aromatic heterocycles. The molecule has 0 saturated heterocycles. The van der Waals surface area contributed by atoms with Crippen molar-refractivity contribution in [1.29, 1.82) is 0 Å². The van der Waals surface area contributed by atoms with Crippen LogP contribution in [-0.4, -0.2) is 95.7 Å². The minimum atomic E-state index is -1.11. The van der Waals surface area contributed by atoms with Gasteiger partial charge >= 0.3 is 11.9 Å². The summed E-state index contributed by atoms with van der Waals surface area (Å²) < 4.78 is 0. The van der Waals surface area contributed by atoms with Crippen molar-refractivity contribution < 1.29 is 24.0 Å².